The minimum absolute atomic E-state index is 0.00736. The quantitative estimate of drug-likeness (QED) is 0.443. The molecule has 1 unspecified atom stereocenters. The molecule has 0 aromatic carbocycles. The standard InChI is InChI=1S/C6H5N3O4/c10-6-4(9(11)12)2-1-3-5(6)8-13-7-3/h4H,1-2H2. The molecular formula is C6H5N3O4. The predicted molar refractivity (Wildman–Crippen MR) is 37.7 cm³/mol. The van der Waals surface area contributed by atoms with Gasteiger partial charge in [-0.15, -0.1) is 0 Å². The van der Waals surface area contributed by atoms with Gasteiger partial charge in [0.2, 0.25) is 0 Å². The SMILES string of the molecule is O=C1c2nonc2CCC1[N+](=O)[O-]. The fourth-order valence-electron chi connectivity index (χ4n) is 1.32. The summed E-state index contributed by atoms with van der Waals surface area (Å²) in [4.78, 5) is 21.1. The van der Waals surface area contributed by atoms with E-state index in [0.717, 1.165) is 0 Å². The lowest BCUT2D eigenvalue weighted by Crippen LogP contribution is -2.34. The fraction of sp³-hybridized carbons (Fsp3) is 0.500. The summed E-state index contributed by atoms with van der Waals surface area (Å²) in [6.07, 6.45) is 0.545. The van der Waals surface area contributed by atoms with Crippen LogP contribution < -0.4 is 0 Å². The minimum Gasteiger partial charge on any atom is -0.284 e. The molecule has 1 aromatic rings. The summed E-state index contributed by atoms with van der Waals surface area (Å²) in [5.74, 6) is -0.604. The molecule has 0 aliphatic heterocycles. The van der Waals surface area contributed by atoms with Gasteiger partial charge in [-0.25, -0.2) is 4.63 Å². The molecule has 0 saturated heterocycles. The molecule has 1 aliphatic rings. The van der Waals surface area contributed by atoms with E-state index in [0.29, 0.717) is 12.1 Å². The summed E-state index contributed by atoms with van der Waals surface area (Å²) >= 11 is 0. The zero-order chi connectivity index (χ0) is 9.42. The van der Waals surface area contributed by atoms with Crippen LogP contribution in [0, 0.1) is 10.1 Å². The highest BCUT2D eigenvalue weighted by molar-refractivity contribution is 5.99. The van der Waals surface area contributed by atoms with Crippen molar-refractivity contribution in [2.24, 2.45) is 0 Å². The van der Waals surface area contributed by atoms with E-state index in [2.05, 4.69) is 14.9 Å². The van der Waals surface area contributed by atoms with E-state index in [-0.39, 0.29) is 12.1 Å². The maximum absolute atomic E-state index is 11.3. The Morgan fingerprint density at radius 1 is 1.54 bits per heavy atom. The molecule has 7 nitrogen and oxygen atoms in total. The Balaban J connectivity index is 2.38. The lowest BCUT2D eigenvalue weighted by molar-refractivity contribution is -0.506. The first-order chi connectivity index (χ1) is 6.20. The maximum Gasteiger partial charge on any atom is 0.277 e. The van der Waals surface area contributed by atoms with Gasteiger partial charge in [0.15, 0.2) is 5.69 Å². The molecule has 13 heavy (non-hydrogen) atoms. The molecule has 0 bridgehead atoms. The van der Waals surface area contributed by atoms with Gasteiger partial charge in [-0.3, -0.25) is 14.9 Å². The smallest absolute Gasteiger partial charge is 0.277 e. The second-order valence-corrected chi connectivity index (χ2v) is 2.76. The monoisotopic (exact) mass is 183 g/mol. The second-order valence-electron chi connectivity index (χ2n) is 2.76. The summed E-state index contributed by atoms with van der Waals surface area (Å²) in [6, 6.07) is -1.18. The summed E-state index contributed by atoms with van der Waals surface area (Å²) in [5, 5.41) is 17.2. The van der Waals surface area contributed by atoms with E-state index in [4.69, 9.17) is 0 Å². The van der Waals surface area contributed by atoms with Crippen LogP contribution in [0.15, 0.2) is 4.63 Å². The normalized spacial score (nSPS) is 21.2. The first-order valence-corrected chi connectivity index (χ1v) is 3.69. The number of rotatable bonds is 1. The molecule has 1 heterocycles. The number of aryl methyl sites for hydroxylation is 1. The Bertz CT molecular complexity index is 372. The Kier molecular flexibility index (Phi) is 1.57. The van der Waals surface area contributed by atoms with Crippen LogP contribution in [0.5, 0.6) is 0 Å². The van der Waals surface area contributed by atoms with Crippen molar-refractivity contribution in [1.29, 1.82) is 0 Å². The number of fused-ring (bicyclic) bond motifs is 1. The van der Waals surface area contributed by atoms with Gasteiger partial charge in [-0.05, 0) is 5.16 Å². The maximum atomic E-state index is 11.3. The van der Waals surface area contributed by atoms with Crippen molar-refractivity contribution >= 4 is 5.78 Å². The van der Waals surface area contributed by atoms with Crippen LogP contribution in [0.1, 0.15) is 22.6 Å². The van der Waals surface area contributed by atoms with Crippen LogP contribution in [0.3, 0.4) is 0 Å². The molecule has 1 aliphatic carbocycles. The summed E-state index contributed by atoms with van der Waals surface area (Å²) in [6.45, 7) is 0. The zero-order valence-corrected chi connectivity index (χ0v) is 6.47. The number of nitro groups is 1. The number of carbonyl (C=O) groups is 1. The first-order valence-electron chi connectivity index (χ1n) is 3.69. The van der Waals surface area contributed by atoms with Gasteiger partial charge >= 0.3 is 0 Å². The van der Waals surface area contributed by atoms with Gasteiger partial charge in [0, 0.05) is 17.8 Å². The molecule has 1 atom stereocenters. The highest BCUT2D eigenvalue weighted by atomic mass is 16.6. The van der Waals surface area contributed by atoms with Crippen LogP contribution >= 0.6 is 0 Å². The average molecular weight is 183 g/mol. The number of ketones is 1. The summed E-state index contributed by atoms with van der Waals surface area (Å²) < 4.78 is 4.32. The molecule has 0 radical (unpaired) electrons. The van der Waals surface area contributed by atoms with Crippen molar-refractivity contribution in [1.82, 2.24) is 10.3 Å². The van der Waals surface area contributed by atoms with Gasteiger partial charge in [0.1, 0.15) is 5.69 Å². The third-order valence-corrected chi connectivity index (χ3v) is 2.00. The van der Waals surface area contributed by atoms with Crippen LogP contribution in [0.4, 0.5) is 0 Å². The molecule has 0 saturated carbocycles. The third-order valence-electron chi connectivity index (χ3n) is 2.00. The van der Waals surface area contributed by atoms with E-state index in [9.17, 15) is 14.9 Å². The van der Waals surface area contributed by atoms with Crippen LogP contribution in [-0.2, 0) is 6.42 Å². The van der Waals surface area contributed by atoms with E-state index < -0.39 is 16.7 Å². The number of hydrogen-bond donors (Lipinski definition) is 0. The van der Waals surface area contributed by atoms with E-state index >= 15 is 0 Å². The highest BCUT2D eigenvalue weighted by Crippen LogP contribution is 2.19. The number of nitrogens with zero attached hydrogens (tertiary/aromatic N) is 3. The lowest BCUT2D eigenvalue weighted by Gasteiger charge is -2.10. The largest absolute Gasteiger partial charge is 0.284 e. The Labute approximate surface area is 71.8 Å². The van der Waals surface area contributed by atoms with E-state index in [1.807, 2.05) is 0 Å². The van der Waals surface area contributed by atoms with Crippen molar-refractivity contribution < 1.29 is 14.3 Å². The van der Waals surface area contributed by atoms with Gasteiger partial charge in [-0.2, -0.15) is 0 Å². The Morgan fingerprint density at radius 2 is 2.31 bits per heavy atom. The topological polar surface area (TPSA) is 99.1 Å². The Hall–Kier alpha value is -1.79. The Morgan fingerprint density at radius 3 is 3.00 bits per heavy atom. The number of carbonyl (C=O) groups excluding carboxylic acids is 1. The van der Waals surface area contributed by atoms with Crippen LogP contribution in [-0.4, -0.2) is 27.1 Å². The molecular weight excluding hydrogens is 178 g/mol. The number of hydrogen-bond acceptors (Lipinski definition) is 6. The fourth-order valence-corrected chi connectivity index (χ4v) is 1.32. The average Bonchev–Trinajstić information content (AvgIpc) is 2.52. The third kappa shape index (κ3) is 1.08. The van der Waals surface area contributed by atoms with Crippen LogP contribution in [0.25, 0.3) is 0 Å². The summed E-state index contributed by atoms with van der Waals surface area (Å²) in [7, 11) is 0. The van der Waals surface area contributed by atoms with Crippen molar-refractivity contribution in [2.75, 3.05) is 0 Å². The van der Waals surface area contributed by atoms with E-state index in [1.165, 1.54) is 0 Å². The lowest BCUT2D eigenvalue weighted by atomic mass is 9.95. The van der Waals surface area contributed by atoms with Crippen molar-refractivity contribution in [3.63, 3.8) is 0 Å². The van der Waals surface area contributed by atoms with Crippen molar-refractivity contribution in [3.05, 3.63) is 21.5 Å². The van der Waals surface area contributed by atoms with Gasteiger partial charge in [0.05, 0.1) is 0 Å². The molecule has 1 aromatic heterocycles. The predicted octanol–water partition coefficient (Wildman–Crippen LogP) is -0.156. The summed E-state index contributed by atoms with van der Waals surface area (Å²) in [5.41, 5.74) is 0.427. The van der Waals surface area contributed by atoms with Gasteiger partial charge < -0.3 is 0 Å². The molecule has 68 valence electrons. The second kappa shape index (κ2) is 2.61. The van der Waals surface area contributed by atoms with Gasteiger partial charge in [-0.1, -0.05) is 5.16 Å². The van der Waals surface area contributed by atoms with Crippen LogP contribution in [0.2, 0.25) is 0 Å². The molecule has 0 spiro atoms. The first kappa shape index (κ1) is 7.84. The number of aromatic nitrogens is 2. The van der Waals surface area contributed by atoms with Gasteiger partial charge in [0.25, 0.3) is 11.8 Å². The molecule has 0 amide bonds. The molecule has 0 N–H and O–H groups in total. The van der Waals surface area contributed by atoms with Crippen molar-refractivity contribution in [2.45, 2.75) is 18.9 Å². The number of Topliss-reactive ketones (excluding diaryl/α,β-unsaturated/α-hetero) is 1. The minimum atomic E-state index is -1.18. The zero-order valence-electron chi connectivity index (χ0n) is 6.47. The van der Waals surface area contributed by atoms with E-state index in [1.54, 1.807) is 0 Å². The highest BCUT2D eigenvalue weighted by Gasteiger charge is 2.39. The van der Waals surface area contributed by atoms with Crippen molar-refractivity contribution in [3.8, 4) is 0 Å². The molecule has 0 fully saturated rings. The molecule has 7 heteroatoms. The molecule has 2 rings (SSSR count).